The van der Waals surface area contributed by atoms with Crippen molar-refractivity contribution in [2.24, 2.45) is 35.0 Å². The minimum Gasteiger partial charge on any atom is -0.463 e. The Bertz CT molecular complexity index is 868. The number of ketones is 1. The molecule has 3 rings (SSSR count). The molecule has 8 heteroatoms. The summed E-state index contributed by atoms with van der Waals surface area (Å²) in [5.41, 5.74) is -1.73. The van der Waals surface area contributed by atoms with Crippen LogP contribution in [0.5, 0.6) is 0 Å². The number of hydrogen-bond acceptors (Lipinski definition) is 7. The van der Waals surface area contributed by atoms with Gasteiger partial charge in [-0.05, 0) is 84.8 Å². The van der Waals surface area contributed by atoms with Gasteiger partial charge in [-0.2, -0.15) is 0 Å². The van der Waals surface area contributed by atoms with Crippen molar-refractivity contribution >= 4 is 17.7 Å². The van der Waals surface area contributed by atoms with Gasteiger partial charge in [-0.1, -0.05) is 20.8 Å². The molecule has 8 nitrogen and oxygen atoms in total. The second-order valence-electron chi connectivity index (χ2n) is 13.9. The number of Topliss-reactive ketones (excluding diaryl/α,β-unsaturated/α-hetero) is 1. The Labute approximate surface area is 237 Å². The monoisotopic (exact) mass is 549 g/mol. The summed E-state index contributed by atoms with van der Waals surface area (Å²) < 4.78 is 11.9. The van der Waals surface area contributed by atoms with Gasteiger partial charge < -0.3 is 19.3 Å². The fourth-order valence-electron chi connectivity index (χ4n) is 6.68. The van der Waals surface area contributed by atoms with Crippen LogP contribution in [0, 0.1) is 35.0 Å². The first-order valence-electron chi connectivity index (χ1n) is 15.1. The summed E-state index contributed by atoms with van der Waals surface area (Å²) in [6.07, 6.45) is 4.97. The molecule has 0 N–H and O–H groups in total. The second-order valence-corrected chi connectivity index (χ2v) is 13.9. The SMILES string of the molecule is CO[C@]1(C)C[C@@H](C)CN(C)C(C2CN(C(=O)CCCN(C)CC3CC3)C2)COC(=O)C(C)(C)C(=O)[C@H](C)[C@H]1C. The number of carbonyl (C=O) groups excluding carboxylic acids is 3. The third-order valence-corrected chi connectivity index (χ3v) is 10.0. The molecule has 1 aliphatic carbocycles. The van der Waals surface area contributed by atoms with Crippen molar-refractivity contribution in [3.05, 3.63) is 0 Å². The van der Waals surface area contributed by atoms with Crippen molar-refractivity contribution in [2.75, 3.05) is 60.5 Å². The summed E-state index contributed by atoms with van der Waals surface area (Å²) in [6.45, 7) is 16.1. The van der Waals surface area contributed by atoms with Gasteiger partial charge in [0.05, 0.1) is 5.60 Å². The number of hydrogen-bond donors (Lipinski definition) is 0. The highest BCUT2D eigenvalue weighted by molar-refractivity contribution is 6.04. The van der Waals surface area contributed by atoms with E-state index < -0.39 is 17.0 Å². The smallest absolute Gasteiger partial charge is 0.319 e. The Morgan fingerprint density at radius 3 is 2.33 bits per heavy atom. The molecule has 0 spiro atoms. The van der Waals surface area contributed by atoms with E-state index >= 15 is 0 Å². The van der Waals surface area contributed by atoms with Crippen molar-refractivity contribution in [3.63, 3.8) is 0 Å². The summed E-state index contributed by atoms with van der Waals surface area (Å²) in [4.78, 5) is 46.2. The third-order valence-electron chi connectivity index (χ3n) is 10.0. The molecule has 224 valence electrons. The molecule has 39 heavy (non-hydrogen) atoms. The van der Waals surface area contributed by atoms with Crippen LogP contribution in [0.15, 0.2) is 0 Å². The number of carbonyl (C=O) groups is 3. The molecular formula is C31H55N3O5. The first kappa shape index (κ1) is 32.0. The van der Waals surface area contributed by atoms with Crippen LogP contribution in [0.25, 0.3) is 0 Å². The predicted molar refractivity (Wildman–Crippen MR) is 153 cm³/mol. The number of ether oxygens (including phenoxy) is 2. The number of likely N-dealkylation sites (N-methyl/N-ethyl adjacent to an activating group) is 1. The van der Waals surface area contributed by atoms with Gasteiger partial charge in [-0.3, -0.25) is 19.3 Å². The molecule has 3 aliphatic rings. The number of cyclic esters (lactones) is 1. The van der Waals surface area contributed by atoms with Gasteiger partial charge in [0.15, 0.2) is 5.78 Å². The Kier molecular flexibility index (Phi) is 10.7. The number of methoxy groups -OCH3 is 1. The summed E-state index contributed by atoms with van der Waals surface area (Å²) in [5, 5.41) is 0. The summed E-state index contributed by atoms with van der Waals surface area (Å²) in [6, 6.07) is -0.0135. The lowest BCUT2D eigenvalue weighted by Crippen LogP contribution is -2.59. The molecule has 2 heterocycles. The zero-order valence-corrected chi connectivity index (χ0v) is 26.1. The van der Waals surface area contributed by atoms with E-state index in [4.69, 9.17) is 9.47 Å². The van der Waals surface area contributed by atoms with E-state index in [0.717, 1.165) is 38.4 Å². The van der Waals surface area contributed by atoms with E-state index in [1.807, 2.05) is 11.8 Å². The lowest BCUT2D eigenvalue weighted by molar-refractivity contribution is -0.164. The van der Waals surface area contributed by atoms with Gasteiger partial charge in [0.1, 0.15) is 12.0 Å². The van der Waals surface area contributed by atoms with Crippen molar-refractivity contribution < 1.29 is 23.9 Å². The van der Waals surface area contributed by atoms with Gasteiger partial charge in [-0.15, -0.1) is 0 Å². The van der Waals surface area contributed by atoms with Crippen LogP contribution in [0.3, 0.4) is 0 Å². The fraction of sp³-hybridized carbons (Fsp3) is 0.903. The van der Waals surface area contributed by atoms with Crippen molar-refractivity contribution in [2.45, 2.75) is 85.3 Å². The molecule has 3 fully saturated rings. The molecule has 1 amide bonds. The minimum absolute atomic E-state index is 0.0135. The quantitative estimate of drug-likeness (QED) is 0.337. The van der Waals surface area contributed by atoms with Crippen LogP contribution in [-0.4, -0.2) is 105 Å². The molecule has 0 aromatic carbocycles. The molecule has 5 atom stereocenters. The number of nitrogens with zero attached hydrogens (tertiary/aromatic N) is 3. The van der Waals surface area contributed by atoms with Gasteiger partial charge in [0, 0.05) is 57.6 Å². The number of amides is 1. The number of rotatable bonds is 8. The third kappa shape index (κ3) is 7.82. The van der Waals surface area contributed by atoms with E-state index in [9.17, 15) is 14.4 Å². The maximum Gasteiger partial charge on any atom is 0.319 e. The molecule has 1 unspecified atom stereocenters. The van der Waals surface area contributed by atoms with Crippen LogP contribution in [0.1, 0.15) is 73.6 Å². The van der Waals surface area contributed by atoms with Gasteiger partial charge in [-0.25, -0.2) is 0 Å². The maximum atomic E-state index is 13.5. The van der Waals surface area contributed by atoms with Crippen LogP contribution < -0.4 is 0 Å². The van der Waals surface area contributed by atoms with Gasteiger partial charge in [0.25, 0.3) is 0 Å². The topological polar surface area (TPSA) is 79.4 Å². The van der Waals surface area contributed by atoms with E-state index in [1.165, 1.54) is 12.8 Å². The molecule has 0 bridgehead atoms. The molecule has 0 aromatic rings. The van der Waals surface area contributed by atoms with Gasteiger partial charge in [0.2, 0.25) is 5.91 Å². The number of likely N-dealkylation sites (tertiary alicyclic amines) is 1. The highest BCUT2D eigenvalue weighted by Gasteiger charge is 2.47. The lowest BCUT2D eigenvalue weighted by atomic mass is 9.70. The molecule has 1 saturated carbocycles. The standard InChI is InChI=1S/C31H55N3O5/c1-21-15-31(6,38-9)23(3)22(2)28(36)30(4,5)29(37)39-20-26(33(8)16-21)25-18-34(19-25)27(35)11-10-14-32(7)17-24-12-13-24/h21-26H,10-20H2,1-9H3/t21-,22-,23-,26?,31-/m1/s1. The maximum absolute atomic E-state index is 13.5. The molecular weight excluding hydrogens is 494 g/mol. The van der Waals surface area contributed by atoms with Gasteiger partial charge >= 0.3 is 5.97 Å². The molecule has 0 aromatic heterocycles. The van der Waals surface area contributed by atoms with E-state index in [2.05, 4.69) is 44.7 Å². The van der Waals surface area contributed by atoms with Crippen molar-refractivity contribution in [3.8, 4) is 0 Å². The second kappa shape index (κ2) is 13.0. The van der Waals surface area contributed by atoms with Crippen LogP contribution in [-0.2, 0) is 23.9 Å². The molecule has 0 radical (unpaired) electrons. The van der Waals surface area contributed by atoms with Crippen molar-refractivity contribution in [1.29, 1.82) is 0 Å². The highest BCUT2D eigenvalue weighted by Crippen LogP contribution is 2.38. The largest absolute Gasteiger partial charge is 0.463 e. The fourth-order valence-corrected chi connectivity index (χ4v) is 6.68. The van der Waals surface area contributed by atoms with Crippen molar-refractivity contribution in [1.82, 2.24) is 14.7 Å². The Morgan fingerprint density at radius 1 is 1.10 bits per heavy atom. The summed E-state index contributed by atoms with van der Waals surface area (Å²) >= 11 is 0. The average Bonchev–Trinajstić information content (AvgIpc) is 3.66. The van der Waals surface area contributed by atoms with Crippen LogP contribution >= 0.6 is 0 Å². The van der Waals surface area contributed by atoms with Crippen LogP contribution in [0.2, 0.25) is 0 Å². The Hall–Kier alpha value is -1.51. The summed E-state index contributed by atoms with van der Waals surface area (Å²) in [5.74, 6) is 0.625. The van der Waals surface area contributed by atoms with E-state index in [1.54, 1.807) is 21.0 Å². The molecule has 2 aliphatic heterocycles. The van der Waals surface area contributed by atoms with E-state index in [-0.39, 0.29) is 42.1 Å². The highest BCUT2D eigenvalue weighted by atomic mass is 16.5. The Balaban J connectivity index is 1.65. The summed E-state index contributed by atoms with van der Waals surface area (Å²) in [7, 11) is 5.95. The lowest BCUT2D eigenvalue weighted by Gasteiger charge is -2.47. The zero-order valence-electron chi connectivity index (χ0n) is 26.1. The van der Waals surface area contributed by atoms with Crippen LogP contribution in [0.4, 0.5) is 0 Å². The first-order chi connectivity index (χ1) is 18.2. The van der Waals surface area contributed by atoms with E-state index in [0.29, 0.717) is 25.4 Å². The number of esters is 1. The molecule has 2 saturated heterocycles. The average molecular weight is 550 g/mol. The Morgan fingerprint density at radius 2 is 1.74 bits per heavy atom. The first-order valence-corrected chi connectivity index (χ1v) is 15.1. The zero-order chi connectivity index (χ0) is 29.1. The predicted octanol–water partition coefficient (Wildman–Crippen LogP) is 3.72. The normalized spacial score (nSPS) is 33.6. The minimum atomic E-state index is -1.24.